The van der Waals surface area contributed by atoms with Crippen LogP contribution in [0.2, 0.25) is 10.0 Å². The molecule has 3 aromatic carbocycles. The van der Waals surface area contributed by atoms with E-state index in [2.05, 4.69) is 5.32 Å². The van der Waals surface area contributed by atoms with Gasteiger partial charge in [-0.25, -0.2) is 8.42 Å². The molecule has 7 nitrogen and oxygen atoms in total. The number of hydrogen-bond acceptors (Lipinski definition) is 4. The lowest BCUT2D eigenvalue weighted by molar-refractivity contribution is -0.139. The Labute approximate surface area is 228 Å². The zero-order valence-electron chi connectivity index (χ0n) is 20.8. The minimum absolute atomic E-state index is 0.0289. The molecule has 1 atom stereocenters. The van der Waals surface area contributed by atoms with Gasteiger partial charge >= 0.3 is 0 Å². The van der Waals surface area contributed by atoms with Gasteiger partial charge in [0.25, 0.3) is 10.0 Å². The number of carbonyl (C=O) groups is 2. The van der Waals surface area contributed by atoms with E-state index in [1.807, 2.05) is 6.92 Å². The molecule has 0 radical (unpaired) electrons. The highest BCUT2D eigenvalue weighted by Crippen LogP contribution is 2.26. The average Bonchev–Trinajstić information content (AvgIpc) is 2.88. The highest BCUT2D eigenvalue weighted by molar-refractivity contribution is 7.92. The molecular weight excluding hydrogens is 533 g/mol. The van der Waals surface area contributed by atoms with Crippen LogP contribution in [0, 0.1) is 6.92 Å². The zero-order chi connectivity index (χ0) is 27.2. The SMILES string of the molecule is CCNC(=O)C(C)N(Cc1ccc(Cl)c(Cl)c1)C(=O)CN(c1ccc(C)cc1)S(=O)(=O)c1ccccc1. The molecule has 1 unspecified atom stereocenters. The number of nitrogens with one attached hydrogen (secondary N) is 1. The number of benzene rings is 3. The number of amides is 2. The van der Waals surface area contributed by atoms with E-state index in [1.54, 1.807) is 74.5 Å². The van der Waals surface area contributed by atoms with Crippen LogP contribution < -0.4 is 9.62 Å². The average molecular weight is 563 g/mol. The van der Waals surface area contributed by atoms with Crippen molar-refractivity contribution in [1.82, 2.24) is 10.2 Å². The van der Waals surface area contributed by atoms with Crippen molar-refractivity contribution in [2.45, 2.75) is 38.3 Å². The number of nitrogens with zero attached hydrogens (tertiary/aromatic N) is 2. The third kappa shape index (κ3) is 7.03. The minimum Gasteiger partial charge on any atom is -0.355 e. The molecule has 3 aromatic rings. The number of anilines is 1. The molecule has 2 amide bonds. The smallest absolute Gasteiger partial charge is 0.264 e. The molecule has 0 aliphatic carbocycles. The first-order valence-corrected chi connectivity index (χ1v) is 13.9. The van der Waals surface area contributed by atoms with Gasteiger partial charge in [-0.05, 0) is 62.7 Å². The van der Waals surface area contributed by atoms with Crippen molar-refractivity contribution in [3.8, 4) is 0 Å². The fourth-order valence-electron chi connectivity index (χ4n) is 3.70. The summed E-state index contributed by atoms with van der Waals surface area (Å²) in [6.45, 7) is 5.17. The lowest BCUT2D eigenvalue weighted by Crippen LogP contribution is -2.51. The summed E-state index contributed by atoms with van der Waals surface area (Å²) in [7, 11) is -4.09. The maximum atomic E-state index is 13.8. The molecule has 37 heavy (non-hydrogen) atoms. The molecule has 0 bridgehead atoms. The molecule has 3 rings (SSSR count). The van der Waals surface area contributed by atoms with Crippen LogP contribution in [-0.2, 0) is 26.2 Å². The zero-order valence-corrected chi connectivity index (χ0v) is 23.1. The van der Waals surface area contributed by atoms with Crippen molar-refractivity contribution >= 4 is 50.7 Å². The topological polar surface area (TPSA) is 86.8 Å². The van der Waals surface area contributed by atoms with E-state index in [0.29, 0.717) is 27.8 Å². The van der Waals surface area contributed by atoms with Crippen LogP contribution in [0.25, 0.3) is 0 Å². The van der Waals surface area contributed by atoms with Gasteiger partial charge in [-0.2, -0.15) is 0 Å². The summed E-state index contributed by atoms with van der Waals surface area (Å²) in [4.78, 5) is 27.9. The van der Waals surface area contributed by atoms with E-state index in [1.165, 1.54) is 17.0 Å². The van der Waals surface area contributed by atoms with Crippen molar-refractivity contribution < 1.29 is 18.0 Å². The lowest BCUT2D eigenvalue weighted by Gasteiger charge is -2.32. The van der Waals surface area contributed by atoms with Gasteiger partial charge < -0.3 is 10.2 Å². The summed E-state index contributed by atoms with van der Waals surface area (Å²) in [5, 5.41) is 3.39. The van der Waals surface area contributed by atoms with Gasteiger partial charge in [-0.15, -0.1) is 0 Å². The Morgan fingerprint density at radius 2 is 1.59 bits per heavy atom. The van der Waals surface area contributed by atoms with Crippen molar-refractivity contribution in [3.63, 3.8) is 0 Å². The number of sulfonamides is 1. The standard InChI is InChI=1S/C27H29Cl2N3O4S/c1-4-30-27(34)20(3)31(17-21-12-15-24(28)25(29)16-21)26(33)18-32(22-13-10-19(2)11-14-22)37(35,36)23-8-6-5-7-9-23/h5-16,20H,4,17-18H2,1-3H3,(H,30,34). The number of aryl methyl sites for hydroxylation is 1. The summed E-state index contributed by atoms with van der Waals surface area (Å²) in [6.07, 6.45) is 0. The Kier molecular flexibility index (Phi) is 9.59. The monoisotopic (exact) mass is 561 g/mol. The highest BCUT2D eigenvalue weighted by Gasteiger charge is 2.32. The number of halogens is 2. The normalized spacial score (nSPS) is 12.0. The minimum atomic E-state index is -4.09. The molecule has 0 heterocycles. The first kappa shape index (κ1) is 28.5. The van der Waals surface area contributed by atoms with Crippen molar-refractivity contribution in [1.29, 1.82) is 0 Å². The maximum Gasteiger partial charge on any atom is 0.264 e. The Hall–Kier alpha value is -3.07. The second-order valence-corrected chi connectivity index (χ2v) is 11.2. The van der Waals surface area contributed by atoms with Gasteiger partial charge in [-0.1, -0.05) is 65.2 Å². The molecule has 0 fully saturated rings. The van der Waals surface area contributed by atoms with Crippen LogP contribution in [0.4, 0.5) is 5.69 Å². The summed E-state index contributed by atoms with van der Waals surface area (Å²) in [5.41, 5.74) is 1.92. The highest BCUT2D eigenvalue weighted by atomic mass is 35.5. The van der Waals surface area contributed by atoms with Crippen molar-refractivity contribution in [3.05, 3.63) is 94.0 Å². The largest absolute Gasteiger partial charge is 0.355 e. The second-order valence-electron chi connectivity index (χ2n) is 8.50. The summed E-state index contributed by atoms with van der Waals surface area (Å²) in [6, 6.07) is 18.8. The van der Waals surface area contributed by atoms with E-state index in [0.717, 1.165) is 9.87 Å². The van der Waals surface area contributed by atoms with Crippen LogP contribution >= 0.6 is 23.2 Å². The summed E-state index contributed by atoms with van der Waals surface area (Å²) < 4.78 is 28.4. The Balaban J connectivity index is 2.02. The molecule has 10 heteroatoms. The van der Waals surface area contributed by atoms with Gasteiger partial charge in [0, 0.05) is 13.1 Å². The first-order chi connectivity index (χ1) is 17.5. The van der Waals surface area contributed by atoms with Gasteiger partial charge in [-0.3, -0.25) is 13.9 Å². The molecular formula is C27H29Cl2N3O4S. The van der Waals surface area contributed by atoms with Crippen LogP contribution in [-0.4, -0.2) is 44.3 Å². The summed E-state index contributed by atoms with van der Waals surface area (Å²) in [5.74, 6) is -0.909. The van der Waals surface area contributed by atoms with Crippen LogP contribution in [0.15, 0.2) is 77.7 Å². The molecule has 0 saturated carbocycles. The molecule has 0 aliphatic rings. The Morgan fingerprint density at radius 3 is 2.19 bits per heavy atom. The molecule has 0 saturated heterocycles. The van der Waals surface area contributed by atoms with E-state index in [9.17, 15) is 18.0 Å². The predicted molar refractivity (Wildman–Crippen MR) is 147 cm³/mol. The molecule has 196 valence electrons. The second kappa shape index (κ2) is 12.4. The third-order valence-electron chi connectivity index (χ3n) is 5.79. The predicted octanol–water partition coefficient (Wildman–Crippen LogP) is 5.05. The number of rotatable bonds is 10. The van der Waals surface area contributed by atoms with Crippen LogP contribution in [0.3, 0.4) is 0 Å². The third-order valence-corrected chi connectivity index (χ3v) is 8.31. The lowest BCUT2D eigenvalue weighted by atomic mass is 10.1. The van der Waals surface area contributed by atoms with Crippen LogP contribution in [0.1, 0.15) is 25.0 Å². The van der Waals surface area contributed by atoms with Gasteiger partial charge in [0.2, 0.25) is 11.8 Å². The molecule has 0 spiro atoms. The van der Waals surface area contributed by atoms with Gasteiger partial charge in [0.05, 0.1) is 20.6 Å². The van der Waals surface area contributed by atoms with Crippen LogP contribution in [0.5, 0.6) is 0 Å². The van der Waals surface area contributed by atoms with E-state index in [-0.39, 0.29) is 17.3 Å². The molecule has 0 aromatic heterocycles. The number of likely N-dealkylation sites (N-methyl/N-ethyl adjacent to an activating group) is 1. The fourth-order valence-corrected chi connectivity index (χ4v) is 5.45. The van der Waals surface area contributed by atoms with E-state index < -0.39 is 28.5 Å². The first-order valence-electron chi connectivity index (χ1n) is 11.7. The van der Waals surface area contributed by atoms with Gasteiger partial charge in [0.15, 0.2) is 0 Å². The Morgan fingerprint density at radius 1 is 0.946 bits per heavy atom. The quantitative estimate of drug-likeness (QED) is 0.375. The maximum absolute atomic E-state index is 13.8. The summed E-state index contributed by atoms with van der Waals surface area (Å²) >= 11 is 12.2. The van der Waals surface area contributed by atoms with Crippen molar-refractivity contribution in [2.75, 3.05) is 17.4 Å². The molecule has 0 aliphatic heterocycles. The number of hydrogen-bond donors (Lipinski definition) is 1. The molecule has 1 N–H and O–H groups in total. The fraction of sp³-hybridized carbons (Fsp3) is 0.259. The number of carbonyl (C=O) groups excluding carboxylic acids is 2. The Bertz CT molecular complexity index is 1350. The van der Waals surface area contributed by atoms with E-state index >= 15 is 0 Å². The van der Waals surface area contributed by atoms with Crippen molar-refractivity contribution in [2.24, 2.45) is 0 Å². The van der Waals surface area contributed by atoms with Gasteiger partial charge in [0.1, 0.15) is 12.6 Å². The van der Waals surface area contributed by atoms with E-state index in [4.69, 9.17) is 23.2 Å².